The van der Waals surface area contributed by atoms with E-state index in [0.717, 1.165) is 0 Å². The molecule has 0 aliphatic heterocycles. The Morgan fingerprint density at radius 1 is 0.421 bits per heavy atom. The number of rotatable bonds is 1. The number of aromatic nitrogens is 1. The lowest BCUT2D eigenvalue weighted by atomic mass is 9.89. The van der Waals surface area contributed by atoms with Gasteiger partial charge in [-0.25, -0.2) is 0 Å². The molecule has 0 saturated carbocycles. The number of benzene rings is 7. The normalized spacial score (nSPS) is 12.7. The van der Waals surface area contributed by atoms with E-state index in [9.17, 15) is 0 Å². The van der Waals surface area contributed by atoms with Crippen LogP contribution in [0.1, 0.15) is 0 Å². The zero-order chi connectivity index (χ0) is 24.5. The van der Waals surface area contributed by atoms with E-state index in [0.29, 0.717) is 0 Å². The fourth-order valence-corrected chi connectivity index (χ4v) is 8.33. The summed E-state index contributed by atoms with van der Waals surface area (Å²) in [6, 6.07) is 43.0. The average molecular weight is 498 g/mol. The number of hydrogen-bond acceptors (Lipinski definition) is 1. The maximum absolute atomic E-state index is 2.46. The molecular weight excluding hydrogens is 478 g/mol. The second kappa shape index (κ2) is 6.61. The minimum Gasteiger partial charge on any atom is -0.308 e. The van der Waals surface area contributed by atoms with E-state index < -0.39 is 0 Å². The molecule has 0 fully saturated rings. The molecule has 0 N–H and O–H groups in total. The molecule has 0 atom stereocenters. The second-order valence-electron chi connectivity index (χ2n) is 10.5. The molecule has 1 nitrogen and oxygen atoms in total. The molecule has 0 bridgehead atoms. The van der Waals surface area contributed by atoms with Gasteiger partial charge in [-0.2, -0.15) is 0 Å². The van der Waals surface area contributed by atoms with E-state index in [1.807, 2.05) is 11.3 Å². The first-order valence-electron chi connectivity index (χ1n) is 13.1. The highest BCUT2D eigenvalue weighted by Crippen LogP contribution is 2.48. The number of fused-ring (bicyclic) bond motifs is 9. The van der Waals surface area contributed by atoms with Crippen molar-refractivity contribution in [2.24, 2.45) is 0 Å². The van der Waals surface area contributed by atoms with Crippen LogP contribution in [0.25, 0.3) is 90.9 Å². The lowest BCUT2D eigenvalue weighted by Crippen LogP contribution is -1.87. The van der Waals surface area contributed by atoms with Crippen LogP contribution >= 0.6 is 11.3 Å². The van der Waals surface area contributed by atoms with Crippen LogP contribution in [0.2, 0.25) is 0 Å². The number of nitrogens with zero attached hydrogens (tertiary/aromatic N) is 1. The molecular formula is C36H19NS. The molecule has 0 spiro atoms. The van der Waals surface area contributed by atoms with Crippen molar-refractivity contribution < 1.29 is 0 Å². The summed E-state index contributed by atoms with van der Waals surface area (Å²) in [4.78, 5) is 0. The van der Waals surface area contributed by atoms with Crippen molar-refractivity contribution in [1.82, 2.24) is 4.40 Å². The number of para-hydroxylation sites is 2. The molecule has 0 amide bonds. The maximum Gasteiger partial charge on any atom is 0.0620 e. The van der Waals surface area contributed by atoms with Crippen LogP contribution in [-0.4, -0.2) is 4.40 Å². The van der Waals surface area contributed by atoms with E-state index in [1.54, 1.807) is 0 Å². The molecule has 10 aromatic rings. The monoisotopic (exact) mass is 497 g/mol. The quantitative estimate of drug-likeness (QED) is 0.199. The van der Waals surface area contributed by atoms with Crippen molar-refractivity contribution in [1.29, 1.82) is 0 Å². The van der Waals surface area contributed by atoms with E-state index >= 15 is 0 Å². The van der Waals surface area contributed by atoms with Gasteiger partial charge in [-0.15, -0.1) is 11.3 Å². The molecule has 0 saturated heterocycles. The van der Waals surface area contributed by atoms with E-state index in [-0.39, 0.29) is 0 Å². The highest BCUT2D eigenvalue weighted by molar-refractivity contribution is 7.26. The maximum atomic E-state index is 2.46. The smallest absolute Gasteiger partial charge is 0.0620 e. The number of hydrogen-bond donors (Lipinski definition) is 0. The van der Waals surface area contributed by atoms with Crippen LogP contribution in [-0.2, 0) is 0 Å². The fraction of sp³-hybridized carbons (Fsp3) is 0. The summed E-state index contributed by atoms with van der Waals surface area (Å²) >= 11 is 1.91. The van der Waals surface area contributed by atoms with Crippen molar-refractivity contribution in [3.8, 4) is 11.1 Å². The molecule has 0 aliphatic rings. The van der Waals surface area contributed by atoms with Crippen LogP contribution in [0.15, 0.2) is 115 Å². The van der Waals surface area contributed by atoms with Gasteiger partial charge in [0.1, 0.15) is 0 Å². The van der Waals surface area contributed by atoms with Gasteiger partial charge >= 0.3 is 0 Å². The number of thiophene rings is 1. The van der Waals surface area contributed by atoms with Crippen LogP contribution in [0.5, 0.6) is 0 Å². The largest absolute Gasteiger partial charge is 0.308 e. The van der Waals surface area contributed by atoms with Crippen LogP contribution in [0, 0.1) is 0 Å². The molecule has 2 heteroatoms. The zero-order valence-electron chi connectivity index (χ0n) is 20.3. The standard InChI is InChI=1S/C36H19NS/c1-2-9-24-22(7-1)25-10-6-14-31-34(25)35-32(38-31)18-16-21(33(24)35)20-15-17-30-28(19-20)27-12-5-11-26-23-8-3-4-13-29(23)37(30)36(26)27/h1-19H. The molecule has 38 heavy (non-hydrogen) atoms. The molecule has 7 aromatic carbocycles. The van der Waals surface area contributed by atoms with Gasteiger partial charge in [0.05, 0.1) is 16.6 Å². The van der Waals surface area contributed by atoms with Gasteiger partial charge in [-0.1, -0.05) is 84.9 Å². The molecule has 0 aliphatic carbocycles. The van der Waals surface area contributed by atoms with Gasteiger partial charge in [-0.3, -0.25) is 0 Å². The van der Waals surface area contributed by atoms with Gasteiger partial charge in [0, 0.05) is 41.7 Å². The molecule has 3 heterocycles. The van der Waals surface area contributed by atoms with Gasteiger partial charge in [0.2, 0.25) is 0 Å². The zero-order valence-corrected chi connectivity index (χ0v) is 21.1. The average Bonchev–Trinajstić information content (AvgIpc) is 3.63. The van der Waals surface area contributed by atoms with E-state index in [4.69, 9.17) is 0 Å². The Labute approximate surface area is 221 Å². The summed E-state index contributed by atoms with van der Waals surface area (Å²) in [6.45, 7) is 0. The summed E-state index contributed by atoms with van der Waals surface area (Å²) in [5, 5.41) is 13.6. The Morgan fingerprint density at radius 2 is 1.08 bits per heavy atom. The van der Waals surface area contributed by atoms with Crippen molar-refractivity contribution in [2.75, 3.05) is 0 Å². The summed E-state index contributed by atoms with van der Waals surface area (Å²) in [5.74, 6) is 0. The first-order chi connectivity index (χ1) is 18.9. The summed E-state index contributed by atoms with van der Waals surface area (Å²) < 4.78 is 5.20. The first-order valence-corrected chi connectivity index (χ1v) is 13.9. The highest BCUT2D eigenvalue weighted by atomic mass is 32.1. The van der Waals surface area contributed by atoms with Gasteiger partial charge in [0.15, 0.2) is 0 Å². The minimum absolute atomic E-state index is 1.28. The molecule has 10 rings (SSSR count). The van der Waals surface area contributed by atoms with Crippen LogP contribution < -0.4 is 0 Å². The van der Waals surface area contributed by atoms with E-state index in [2.05, 4.69) is 120 Å². The molecule has 3 aromatic heterocycles. The fourth-order valence-electron chi connectivity index (χ4n) is 7.19. The SMILES string of the molecule is c1ccc2c(c1)c1cccc3sc4ccc(-c5ccc6c(c5)c5cccc7c8ccccc8n6c75)c2c4c31. The van der Waals surface area contributed by atoms with Gasteiger partial charge in [0.25, 0.3) is 0 Å². The topological polar surface area (TPSA) is 4.41 Å². The van der Waals surface area contributed by atoms with Crippen molar-refractivity contribution in [2.45, 2.75) is 0 Å². The third kappa shape index (κ3) is 2.17. The van der Waals surface area contributed by atoms with Crippen molar-refractivity contribution in [3.05, 3.63) is 115 Å². The molecule has 0 radical (unpaired) electrons. The van der Waals surface area contributed by atoms with Crippen molar-refractivity contribution in [3.63, 3.8) is 0 Å². The Kier molecular flexibility index (Phi) is 3.38. The Bertz CT molecular complexity index is 2560. The highest BCUT2D eigenvalue weighted by Gasteiger charge is 2.20. The first kappa shape index (κ1) is 19.5. The lowest BCUT2D eigenvalue weighted by molar-refractivity contribution is 1.37. The third-order valence-electron chi connectivity index (χ3n) is 8.68. The Balaban J connectivity index is 1.38. The summed E-state index contributed by atoms with van der Waals surface area (Å²) in [6.07, 6.45) is 0. The minimum atomic E-state index is 1.28. The summed E-state index contributed by atoms with van der Waals surface area (Å²) in [5.41, 5.74) is 6.48. The third-order valence-corrected chi connectivity index (χ3v) is 9.80. The van der Waals surface area contributed by atoms with E-state index in [1.165, 1.54) is 90.9 Å². The van der Waals surface area contributed by atoms with Crippen LogP contribution in [0.4, 0.5) is 0 Å². The predicted octanol–water partition coefficient (Wildman–Crippen LogP) is 10.6. The van der Waals surface area contributed by atoms with Gasteiger partial charge < -0.3 is 4.40 Å². The lowest BCUT2D eigenvalue weighted by Gasteiger charge is -2.13. The Morgan fingerprint density at radius 3 is 2.00 bits per heavy atom. The summed E-state index contributed by atoms with van der Waals surface area (Å²) in [7, 11) is 0. The predicted molar refractivity (Wildman–Crippen MR) is 166 cm³/mol. The Hall–Kier alpha value is -4.66. The molecule has 0 unspecified atom stereocenters. The molecule has 174 valence electrons. The van der Waals surface area contributed by atoms with Gasteiger partial charge in [-0.05, 0) is 63.0 Å². The second-order valence-corrected chi connectivity index (χ2v) is 11.6. The van der Waals surface area contributed by atoms with Crippen molar-refractivity contribution >= 4 is 91.1 Å². The van der Waals surface area contributed by atoms with Crippen LogP contribution in [0.3, 0.4) is 0 Å².